The summed E-state index contributed by atoms with van der Waals surface area (Å²) in [4.78, 5) is 13.7. The van der Waals surface area contributed by atoms with Gasteiger partial charge in [-0.05, 0) is 66.8 Å². The second-order valence-corrected chi connectivity index (χ2v) is 8.09. The molecule has 33 heavy (non-hydrogen) atoms. The molecule has 0 N–H and O–H groups in total. The number of carbonyl (C=O) groups excluding carboxylic acids is 1. The number of anilines is 2. The Morgan fingerprint density at radius 2 is 1.73 bits per heavy atom. The van der Waals surface area contributed by atoms with E-state index < -0.39 is 18.3 Å². The summed E-state index contributed by atoms with van der Waals surface area (Å²) in [6.45, 7) is 2.77. The molecule has 0 aliphatic carbocycles. The summed E-state index contributed by atoms with van der Waals surface area (Å²) in [5, 5.41) is 0. The van der Waals surface area contributed by atoms with Gasteiger partial charge in [0.25, 0.3) is 0 Å². The molecule has 0 atom stereocenters. The number of alkyl halides is 2. The van der Waals surface area contributed by atoms with Crippen LogP contribution in [0.25, 0.3) is 0 Å². The number of fused-ring (bicyclic) bond motifs is 1. The molecule has 0 aromatic heterocycles. The summed E-state index contributed by atoms with van der Waals surface area (Å²) in [6, 6.07) is 23.1. The molecule has 0 saturated carbocycles. The molecule has 1 aliphatic heterocycles. The maximum absolute atomic E-state index is 13.9. The van der Waals surface area contributed by atoms with Crippen LogP contribution < -0.4 is 9.64 Å². The Balaban J connectivity index is 1.41. The summed E-state index contributed by atoms with van der Waals surface area (Å²) in [5.41, 5.74) is 5.07. The molecule has 0 amide bonds. The van der Waals surface area contributed by atoms with Crippen LogP contribution in [0, 0.1) is 0 Å². The van der Waals surface area contributed by atoms with Crippen LogP contribution in [0.5, 0.6) is 5.75 Å². The molecule has 0 spiro atoms. The minimum atomic E-state index is -3.55. The number of nitrogens with zero attached hydrogens (tertiary/aromatic N) is 1. The molecule has 172 valence electrons. The highest BCUT2D eigenvalue weighted by molar-refractivity contribution is 5.78. The van der Waals surface area contributed by atoms with Crippen LogP contribution in [0.4, 0.5) is 20.2 Å². The van der Waals surface area contributed by atoms with Gasteiger partial charge in [-0.25, -0.2) is 4.79 Å². The van der Waals surface area contributed by atoms with Crippen molar-refractivity contribution in [3.63, 3.8) is 0 Å². The predicted octanol–water partition coefficient (Wildman–Crippen LogP) is 6.09. The van der Waals surface area contributed by atoms with Crippen molar-refractivity contribution in [2.75, 3.05) is 18.1 Å². The molecule has 0 saturated heterocycles. The van der Waals surface area contributed by atoms with Crippen LogP contribution in [0.2, 0.25) is 0 Å². The van der Waals surface area contributed by atoms with Gasteiger partial charge in [-0.3, -0.25) is 0 Å². The normalized spacial score (nSPS) is 13.4. The van der Waals surface area contributed by atoms with Crippen molar-refractivity contribution < 1.29 is 23.0 Å². The Labute approximate surface area is 192 Å². The van der Waals surface area contributed by atoms with Crippen molar-refractivity contribution >= 4 is 17.3 Å². The highest BCUT2D eigenvalue weighted by atomic mass is 19.3. The number of esters is 1. The van der Waals surface area contributed by atoms with Gasteiger partial charge in [-0.1, -0.05) is 42.5 Å². The predicted molar refractivity (Wildman–Crippen MR) is 124 cm³/mol. The van der Waals surface area contributed by atoms with Crippen molar-refractivity contribution in [1.29, 1.82) is 0 Å². The first-order valence-electron chi connectivity index (χ1n) is 11.2. The van der Waals surface area contributed by atoms with Crippen LogP contribution in [-0.4, -0.2) is 25.0 Å². The number of rotatable bonds is 8. The Morgan fingerprint density at radius 1 is 1.00 bits per heavy atom. The van der Waals surface area contributed by atoms with E-state index in [9.17, 15) is 13.6 Å². The molecular weight excluding hydrogens is 424 g/mol. The monoisotopic (exact) mass is 451 g/mol. The van der Waals surface area contributed by atoms with Gasteiger partial charge in [0, 0.05) is 24.3 Å². The molecule has 0 bridgehead atoms. The Bertz CT molecular complexity index is 1080. The number of aryl methyl sites for hydroxylation is 1. The second-order valence-electron chi connectivity index (χ2n) is 8.09. The fourth-order valence-electron chi connectivity index (χ4n) is 4.02. The average Bonchev–Trinajstić information content (AvgIpc) is 2.83. The molecule has 3 aromatic carbocycles. The third kappa shape index (κ3) is 5.51. The van der Waals surface area contributed by atoms with Gasteiger partial charge in [0.05, 0.1) is 6.61 Å². The zero-order valence-corrected chi connectivity index (χ0v) is 18.6. The average molecular weight is 452 g/mol. The number of carbonyl (C=O) groups is 1. The first-order chi connectivity index (χ1) is 16.0. The lowest BCUT2D eigenvalue weighted by Crippen LogP contribution is -2.33. The van der Waals surface area contributed by atoms with Crippen LogP contribution in [0.15, 0.2) is 72.8 Å². The number of ether oxygens (including phenoxy) is 2. The van der Waals surface area contributed by atoms with Crippen molar-refractivity contribution in [3.05, 3.63) is 89.5 Å². The van der Waals surface area contributed by atoms with Crippen LogP contribution in [0.3, 0.4) is 0 Å². The van der Waals surface area contributed by atoms with Crippen LogP contribution in [-0.2, 0) is 29.0 Å². The second kappa shape index (κ2) is 10.0. The molecular formula is C27H27F2NO3. The summed E-state index contributed by atoms with van der Waals surface area (Å²) >= 11 is 0. The molecule has 0 fully saturated rings. The number of benzene rings is 3. The lowest BCUT2D eigenvalue weighted by atomic mass is 9.99. The van der Waals surface area contributed by atoms with E-state index in [-0.39, 0.29) is 6.61 Å². The van der Waals surface area contributed by atoms with E-state index >= 15 is 0 Å². The summed E-state index contributed by atoms with van der Waals surface area (Å²) in [6.07, 6.45) is 1.46. The smallest absolute Gasteiger partial charge is 0.377 e. The van der Waals surface area contributed by atoms with Gasteiger partial charge in [0.1, 0.15) is 12.4 Å². The molecule has 0 radical (unpaired) electrons. The summed E-state index contributed by atoms with van der Waals surface area (Å²) in [7, 11) is 0. The number of hydrogen-bond acceptors (Lipinski definition) is 4. The van der Waals surface area contributed by atoms with Gasteiger partial charge in [-0.15, -0.1) is 0 Å². The Hall–Kier alpha value is -3.41. The Morgan fingerprint density at radius 3 is 2.45 bits per heavy atom. The number of hydrogen-bond donors (Lipinski definition) is 0. The SMILES string of the molecule is CCOC(=O)C(F)(F)Cc1ccc(OCc2ccc3c(c2)N(c2ccccc2)CCC3)cc1. The maximum atomic E-state index is 13.9. The van der Waals surface area contributed by atoms with Crippen LogP contribution >= 0.6 is 0 Å². The fourth-order valence-corrected chi connectivity index (χ4v) is 4.02. The first kappa shape index (κ1) is 22.8. The van der Waals surface area contributed by atoms with E-state index in [2.05, 4.69) is 40.0 Å². The minimum absolute atomic E-state index is 0.0764. The molecule has 4 nitrogen and oxygen atoms in total. The van der Waals surface area contributed by atoms with E-state index in [1.807, 2.05) is 18.2 Å². The first-order valence-corrected chi connectivity index (χ1v) is 11.2. The lowest BCUT2D eigenvalue weighted by Gasteiger charge is -2.32. The van der Waals surface area contributed by atoms with E-state index in [0.29, 0.717) is 17.9 Å². The maximum Gasteiger partial charge on any atom is 0.377 e. The molecule has 1 aliphatic rings. The number of halogens is 2. The van der Waals surface area contributed by atoms with E-state index in [1.165, 1.54) is 23.9 Å². The minimum Gasteiger partial charge on any atom is -0.489 e. The van der Waals surface area contributed by atoms with E-state index in [4.69, 9.17) is 4.74 Å². The van der Waals surface area contributed by atoms with Crippen molar-refractivity contribution in [3.8, 4) is 5.75 Å². The third-order valence-electron chi connectivity index (χ3n) is 5.67. The van der Waals surface area contributed by atoms with Crippen molar-refractivity contribution in [2.24, 2.45) is 0 Å². The molecule has 1 heterocycles. The highest BCUT2D eigenvalue weighted by Gasteiger charge is 2.40. The topological polar surface area (TPSA) is 38.8 Å². The standard InChI is InChI=1S/C27H27F2NO3/c1-2-32-26(31)27(28,29)18-20-11-14-24(15-12-20)33-19-21-10-13-22-7-6-16-30(25(22)17-21)23-8-4-3-5-9-23/h3-5,8-15,17H,2,6-7,16,18-19H2,1H3. The molecule has 3 aromatic rings. The van der Waals surface area contributed by atoms with Gasteiger partial charge >= 0.3 is 11.9 Å². The zero-order chi connectivity index (χ0) is 23.3. The molecule has 6 heteroatoms. The van der Waals surface area contributed by atoms with E-state index in [1.54, 1.807) is 24.3 Å². The van der Waals surface area contributed by atoms with Crippen molar-refractivity contribution in [1.82, 2.24) is 0 Å². The summed E-state index contributed by atoms with van der Waals surface area (Å²) in [5.74, 6) is -4.47. The van der Waals surface area contributed by atoms with Crippen LogP contribution in [0.1, 0.15) is 30.0 Å². The molecule has 4 rings (SSSR count). The number of para-hydroxylation sites is 1. The zero-order valence-electron chi connectivity index (χ0n) is 18.6. The quantitative estimate of drug-likeness (QED) is 0.389. The van der Waals surface area contributed by atoms with Gasteiger partial charge in [-0.2, -0.15) is 8.78 Å². The van der Waals surface area contributed by atoms with Gasteiger partial charge < -0.3 is 14.4 Å². The van der Waals surface area contributed by atoms with Gasteiger partial charge in [0.15, 0.2) is 0 Å². The van der Waals surface area contributed by atoms with Gasteiger partial charge in [0.2, 0.25) is 0 Å². The lowest BCUT2D eigenvalue weighted by molar-refractivity contribution is -0.171. The fraction of sp³-hybridized carbons (Fsp3) is 0.296. The van der Waals surface area contributed by atoms with E-state index in [0.717, 1.165) is 24.9 Å². The molecule has 0 unspecified atom stereocenters. The third-order valence-corrected chi connectivity index (χ3v) is 5.67. The van der Waals surface area contributed by atoms with Crippen molar-refractivity contribution in [2.45, 2.75) is 38.7 Å². The Kier molecular flexibility index (Phi) is 6.92. The highest BCUT2D eigenvalue weighted by Crippen LogP contribution is 2.34. The largest absolute Gasteiger partial charge is 0.489 e. The summed E-state index contributed by atoms with van der Waals surface area (Å²) < 4.78 is 38.2.